The SMILES string of the molecule is CSc1ccc(CN[C@@H]2CCC(C)(C)C(C)[C@H]2C)s1.[HH]. The first kappa shape index (κ1) is 15.4. The quantitative estimate of drug-likeness (QED) is 0.760. The number of thioether (sulfide) groups is 1. The van der Waals surface area contributed by atoms with Gasteiger partial charge in [0.05, 0.1) is 4.21 Å². The predicted molar refractivity (Wildman–Crippen MR) is 90.2 cm³/mol. The summed E-state index contributed by atoms with van der Waals surface area (Å²) < 4.78 is 1.42. The summed E-state index contributed by atoms with van der Waals surface area (Å²) in [6.07, 6.45) is 4.81. The molecule has 0 bridgehead atoms. The molecule has 19 heavy (non-hydrogen) atoms. The first-order valence-corrected chi connectivity index (χ1v) is 9.34. The zero-order valence-electron chi connectivity index (χ0n) is 12.8. The Morgan fingerprint density at radius 1 is 1.42 bits per heavy atom. The average Bonchev–Trinajstić information content (AvgIpc) is 2.83. The van der Waals surface area contributed by atoms with Crippen LogP contribution >= 0.6 is 23.1 Å². The summed E-state index contributed by atoms with van der Waals surface area (Å²) in [5.74, 6) is 1.56. The van der Waals surface area contributed by atoms with Gasteiger partial charge in [-0.25, -0.2) is 0 Å². The molecule has 1 saturated carbocycles. The molecule has 1 aliphatic rings. The minimum atomic E-state index is 0. The maximum absolute atomic E-state index is 3.79. The highest BCUT2D eigenvalue weighted by Gasteiger charge is 2.38. The van der Waals surface area contributed by atoms with E-state index in [1.54, 1.807) is 0 Å². The van der Waals surface area contributed by atoms with E-state index in [1.807, 2.05) is 23.1 Å². The van der Waals surface area contributed by atoms with Gasteiger partial charge in [0, 0.05) is 18.9 Å². The number of hydrogen-bond donors (Lipinski definition) is 1. The molecule has 0 aromatic carbocycles. The van der Waals surface area contributed by atoms with Crippen molar-refractivity contribution in [2.75, 3.05) is 6.26 Å². The minimum Gasteiger partial charge on any atom is -0.309 e. The first-order valence-electron chi connectivity index (χ1n) is 7.30. The molecular formula is C16H29NS2. The van der Waals surface area contributed by atoms with Crippen molar-refractivity contribution in [3.8, 4) is 0 Å². The zero-order valence-corrected chi connectivity index (χ0v) is 14.5. The molecule has 0 saturated heterocycles. The summed E-state index contributed by atoms with van der Waals surface area (Å²) in [6, 6.07) is 5.19. The fourth-order valence-corrected chi connectivity index (χ4v) is 4.71. The Morgan fingerprint density at radius 3 is 2.79 bits per heavy atom. The lowest BCUT2D eigenvalue weighted by Gasteiger charge is -2.45. The predicted octanol–water partition coefficient (Wildman–Crippen LogP) is 5.27. The molecule has 0 spiro atoms. The Balaban J connectivity index is 0.00000200. The van der Waals surface area contributed by atoms with Crippen LogP contribution in [0.1, 0.15) is 46.8 Å². The van der Waals surface area contributed by atoms with Crippen molar-refractivity contribution in [2.45, 2.75) is 57.3 Å². The summed E-state index contributed by atoms with van der Waals surface area (Å²) in [5, 5.41) is 3.79. The van der Waals surface area contributed by atoms with Crippen LogP contribution in [0.3, 0.4) is 0 Å². The lowest BCUT2D eigenvalue weighted by Crippen LogP contribution is -2.46. The number of thiophene rings is 1. The summed E-state index contributed by atoms with van der Waals surface area (Å²) in [7, 11) is 0. The Hall–Kier alpha value is 0.01000. The fraction of sp³-hybridized carbons (Fsp3) is 0.750. The number of rotatable bonds is 4. The Morgan fingerprint density at radius 2 is 2.16 bits per heavy atom. The lowest BCUT2D eigenvalue weighted by atomic mass is 9.63. The van der Waals surface area contributed by atoms with Crippen LogP contribution in [0.2, 0.25) is 0 Å². The smallest absolute Gasteiger partial charge is 0.0599 e. The monoisotopic (exact) mass is 299 g/mol. The molecule has 1 nitrogen and oxygen atoms in total. The van der Waals surface area contributed by atoms with Gasteiger partial charge < -0.3 is 5.32 Å². The molecule has 1 N–H and O–H groups in total. The first-order chi connectivity index (χ1) is 8.94. The fourth-order valence-electron chi connectivity index (χ4n) is 3.16. The molecule has 3 atom stereocenters. The van der Waals surface area contributed by atoms with Crippen molar-refractivity contribution in [3.05, 3.63) is 17.0 Å². The van der Waals surface area contributed by atoms with Crippen molar-refractivity contribution in [2.24, 2.45) is 17.3 Å². The van der Waals surface area contributed by atoms with E-state index >= 15 is 0 Å². The van der Waals surface area contributed by atoms with Crippen LogP contribution in [0.15, 0.2) is 16.3 Å². The zero-order chi connectivity index (χ0) is 14.0. The molecule has 1 fully saturated rings. The van der Waals surface area contributed by atoms with E-state index < -0.39 is 0 Å². The van der Waals surface area contributed by atoms with Gasteiger partial charge in [-0.3, -0.25) is 0 Å². The van der Waals surface area contributed by atoms with Gasteiger partial charge in [0.15, 0.2) is 0 Å². The maximum atomic E-state index is 3.79. The van der Waals surface area contributed by atoms with Crippen LogP contribution < -0.4 is 5.32 Å². The van der Waals surface area contributed by atoms with Crippen LogP contribution in [0.25, 0.3) is 0 Å². The molecular weight excluding hydrogens is 270 g/mol. The van der Waals surface area contributed by atoms with Crippen LogP contribution in [0, 0.1) is 17.3 Å². The molecule has 1 heterocycles. The van der Waals surface area contributed by atoms with Crippen molar-refractivity contribution < 1.29 is 1.43 Å². The second-order valence-electron chi connectivity index (χ2n) is 6.59. The van der Waals surface area contributed by atoms with Gasteiger partial charge >= 0.3 is 0 Å². The van der Waals surface area contributed by atoms with E-state index in [1.165, 1.54) is 21.9 Å². The maximum Gasteiger partial charge on any atom is 0.0599 e. The molecule has 2 rings (SSSR count). The number of hydrogen-bond acceptors (Lipinski definition) is 3. The largest absolute Gasteiger partial charge is 0.309 e. The molecule has 0 aliphatic heterocycles. The molecule has 3 heteroatoms. The summed E-state index contributed by atoms with van der Waals surface area (Å²) in [4.78, 5) is 1.47. The number of nitrogens with one attached hydrogen (secondary N) is 1. The molecule has 1 aliphatic carbocycles. The third kappa shape index (κ3) is 3.56. The highest BCUT2D eigenvalue weighted by atomic mass is 32.2. The van der Waals surface area contributed by atoms with E-state index in [0.29, 0.717) is 11.5 Å². The third-order valence-corrected chi connectivity index (χ3v) is 7.30. The molecule has 1 unspecified atom stereocenters. The van der Waals surface area contributed by atoms with Crippen molar-refractivity contribution in [1.29, 1.82) is 0 Å². The highest BCUT2D eigenvalue weighted by molar-refractivity contribution is 8.00. The molecule has 0 amide bonds. The Kier molecular flexibility index (Phi) is 5.02. The third-order valence-electron chi connectivity index (χ3n) is 5.13. The Labute approximate surface area is 128 Å². The van der Waals surface area contributed by atoms with Gasteiger partial charge in [-0.2, -0.15) is 0 Å². The summed E-state index contributed by atoms with van der Waals surface area (Å²) in [6.45, 7) is 10.7. The van der Waals surface area contributed by atoms with E-state index in [9.17, 15) is 0 Å². The molecule has 1 aromatic heterocycles. The second-order valence-corrected chi connectivity index (χ2v) is 8.86. The van der Waals surface area contributed by atoms with Crippen molar-refractivity contribution in [3.63, 3.8) is 0 Å². The normalized spacial score (nSPS) is 30.5. The molecule has 1 aromatic rings. The van der Waals surface area contributed by atoms with E-state index in [-0.39, 0.29) is 1.43 Å². The summed E-state index contributed by atoms with van der Waals surface area (Å²) >= 11 is 3.77. The topological polar surface area (TPSA) is 12.0 Å². The van der Waals surface area contributed by atoms with E-state index in [4.69, 9.17) is 0 Å². The lowest BCUT2D eigenvalue weighted by molar-refractivity contribution is 0.0685. The van der Waals surface area contributed by atoms with Crippen molar-refractivity contribution in [1.82, 2.24) is 5.32 Å². The van der Waals surface area contributed by atoms with Crippen LogP contribution in [-0.2, 0) is 6.54 Å². The van der Waals surface area contributed by atoms with Crippen LogP contribution in [0.4, 0.5) is 0 Å². The average molecular weight is 300 g/mol. The minimum absolute atomic E-state index is 0. The van der Waals surface area contributed by atoms with Gasteiger partial charge in [-0.1, -0.05) is 27.7 Å². The van der Waals surface area contributed by atoms with Crippen LogP contribution in [-0.4, -0.2) is 12.3 Å². The summed E-state index contributed by atoms with van der Waals surface area (Å²) in [5.41, 5.74) is 0.506. The van der Waals surface area contributed by atoms with E-state index in [0.717, 1.165) is 18.4 Å². The van der Waals surface area contributed by atoms with Gasteiger partial charge in [0.2, 0.25) is 0 Å². The molecule has 0 radical (unpaired) electrons. The van der Waals surface area contributed by atoms with Gasteiger partial charge in [0.25, 0.3) is 0 Å². The van der Waals surface area contributed by atoms with E-state index in [2.05, 4.69) is 51.4 Å². The van der Waals surface area contributed by atoms with Crippen LogP contribution in [0.5, 0.6) is 0 Å². The van der Waals surface area contributed by atoms with Gasteiger partial charge in [-0.05, 0) is 48.5 Å². The van der Waals surface area contributed by atoms with Crippen molar-refractivity contribution >= 4 is 23.1 Å². The highest BCUT2D eigenvalue weighted by Crippen LogP contribution is 2.43. The Bertz CT molecular complexity index is 416. The van der Waals surface area contributed by atoms with Gasteiger partial charge in [0.1, 0.15) is 0 Å². The van der Waals surface area contributed by atoms with Gasteiger partial charge in [-0.15, -0.1) is 23.1 Å². The standard InChI is InChI=1S/C16H27NS2.H2/c1-11-12(2)16(3,4)9-8-14(11)17-10-13-6-7-15(18-5)19-13;/h6-7,11-12,14,17H,8-10H2,1-5H3;1H/t11-,12?,14-;/m1./s1. The molecule has 110 valence electrons. The second kappa shape index (κ2) is 6.19.